The van der Waals surface area contributed by atoms with Crippen LogP contribution in [0.1, 0.15) is 11.1 Å². The van der Waals surface area contributed by atoms with Crippen LogP contribution in [-0.4, -0.2) is 24.9 Å². The third-order valence-electron chi connectivity index (χ3n) is 2.95. The number of hydrogen-bond donors (Lipinski definition) is 2. The van der Waals surface area contributed by atoms with Crippen molar-refractivity contribution < 1.29 is 19.4 Å². The van der Waals surface area contributed by atoms with Gasteiger partial charge in [0.15, 0.2) is 11.5 Å². The maximum absolute atomic E-state index is 11.5. The topological polar surface area (TPSA) is 67.8 Å². The average Bonchev–Trinajstić information content (AvgIpc) is 2.59. The van der Waals surface area contributed by atoms with Crippen molar-refractivity contribution in [3.63, 3.8) is 0 Å². The summed E-state index contributed by atoms with van der Waals surface area (Å²) in [6.45, 7) is 0.381. The minimum atomic E-state index is -0.522. The summed E-state index contributed by atoms with van der Waals surface area (Å²) in [5.74, 6) is 6.08. The molecule has 0 unspecified atom stereocenters. The third kappa shape index (κ3) is 5.29. The molecule has 0 spiro atoms. The number of nitrogens with one attached hydrogen (secondary N) is 1. The van der Waals surface area contributed by atoms with Crippen LogP contribution in [0.4, 0.5) is 4.79 Å². The molecule has 118 valence electrons. The quantitative estimate of drug-likeness (QED) is 0.852. The van der Waals surface area contributed by atoms with Crippen LogP contribution in [0.15, 0.2) is 48.5 Å². The van der Waals surface area contributed by atoms with E-state index in [0.717, 1.165) is 5.56 Å². The summed E-state index contributed by atoms with van der Waals surface area (Å²) in [5.41, 5.74) is 1.60. The molecule has 2 rings (SSSR count). The lowest BCUT2D eigenvalue weighted by Crippen LogP contribution is -2.24. The molecule has 5 nitrogen and oxygen atoms in total. The van der Waals surface area contributed by atoms with Crippen LogP contribution >= 0.6 is 0 Å². The molecular formula is C18H17NO4. The lowest BCUT2D eigenvalue weighted by Gasteiger charge is -2.04. The van der Waals surface area contributed by atoms with Gasteiger partial charge in [-0.2, -0.15) is 0 Å². The Bertz CT molecular complexity index is 717. The molecule has 5 heteroatoms. The average molecular weight is 311 g/mol. The Morgan fingerprint density at radius 2 is 2.00 bits per heavy atom. The van der Waals surface area contributed by atoms with Gasteiger partial charge in [0, 0.05) is 5.56 Å². The second-order valence-electron chi connectivity index (χ2n) is 4.60. The second-order valence-corrected chi connectivity index (χ2v) is 4.60. The van der Waals surface area contributed by atoms with Crippen molar-refractivity contribution in [3.05, 3.63) is 59.7 Å². The van der Waals surface area contributed by atoms with Gasteiger partial charge >= 0.3 is 6.09 Å². The van der Waals surface area contributed by atoms with Crippen LogP contribution in [0, 0.1) is 11.8 Å². The first-order chi connectivity index (χ1) is 11.2. The van der Waals surface area contributed by atoms with Crippen LogP contribution in [0.2, 0.25) is 0 Å². The highest BCUT2D eigenvalue weighted by molar-refractivity contribution is 5.67. The summed E-state index contributed by atoms with van der Waals surface area (Å²) in [4.78, 5) is 11.5. The normalized spacial score (nSPS) is 9.43. The van der Waals surface area contributed by atoms with E-state index in [-0.39, 0.29) is 18.9 Å². The molecule has 0 bridgehead atoms. The molecule has 0 heterocycles. The maximum atomic E-state index is 11.5. The number of hydrogen-bond acceptors (Lipinski definition) is 4. The molecule has 0 aliphatic rings. The Kier molecular flexibility index (Phi) is 5.89. The number of phenolic OH excluding ortho intramolecular Hbond substituents is 1. The highest BCUT2D eigenvalue weighted by Crippen LogP contribution is 2.25. The Labute approximate surface area is 134 Å². The van der Waals surface area contributed by atoms with E-state index >= 15 is 0 Å². The number of aromatic hydroxyl groups is 1. The highest BCUT2D eigenvalue weighted by atomic mass is 16.5. The van der Waals surface area contributed by atoms with E-state index < -0.39 is 6.09 Å². The van der Waals surface area contributed by atoms with Gasteiger partial charge in [-0.3, -0.25) is 0 Å². The standard InChI is InChI=1S/C18H17NO4/c1-22-17-12-14(9-10-16(17)20)8-5-11-19-18(21)23-13-15-6-3-2-4-7-15/h2-4,6-7,9-10,12,20H,11,13H2,1H3,(H,19,21). The van der Waals surface area contributed by atoms with E-state index in [1.165, 1.54) is 13.2 Å². The first-order valence-electron chi connectivity index (χ1n) is 6.99. The van der Waals surface area contributed by atoms with Crippen molar-refractivity contribution in [3.8, 4) is 23.3 Å². The number of rotatable bonds is 4. The van der Waals surface area contributed by atoms with Crippen molar-refractivity contribution in [2.45, 2.75) is 6.61 Å². The first kappa shape index (κ1) is 16.2. The molecule has 2 aromatic carbocycles. The van der Waals surface area contributed by atoms with Crippen molar-refractivity contribution >= 4 is 6.09 Å². The first-order valence-corrected chi connectivity index (χ1v) is 6.99. The molecule has 0 saturated carbocycles. The molecule has 0 aliphatic heterocycles. The zero-order valence-corrected chi connectivity index (χ0v) is 12.7. The highest BCUT2D eigenvalue weighted by Gasteiger charge is 2.01. The number of ether oxygens (including phenoxy) is 2. The zero-order valence-electron chi connectivity index (χ0n) is 12.7. The predicted octanol–water partition coefficient (Wildman–Crippen LogP) is 2.68. The molecular weight excluding hydrogens is 294 g/mol. The van der Waals surface area contributed by atoms with Crippen molar-refractivity contribution in [1.82, 2.24) is 5.32 Å². The minimum Gasteiger partial charge on any atom is -0.504 e. The molecule has 0 saturated heterocycles. The van der Waals surface area contributed by atoms with Crippen molar-refractivity contribution in [2.75, 3.05) is 13.7 Å². The smallest absolute Gasteiger partial charge is 0.408 e. The Morgan fingerprint density at radius 1 is 1.22 bits per heavy atom. The molecule has 2 N–H and O–H groups in total. The lowest BCUT2D eigenvalue weighted by atomic mass is 10.2. The van der Waals surface area contributed by atoms with Gasteiger partial charge in [0.2, 0.25) is 0 Å². The summed E-state index contributed by atoms with van der Waals surface area (Å²) in [6, 6.07) is 14.2. The number of carbonyl (C=O) groups is 1. The van der Waals surface area contributed by atoms with Gasteiger partial charge in [0.05, 0.1) is 13.7 Å². The van der Waals surface area contributed by atoms with E-state index in [4.69, 9.17) is 9.47 Å². The Hall–Kier alpha value is -3.13. The fraction of sp³-hybridized carbons (Fsp3) is 0.167. The summed E-state index contributed by atoms with van der Waals surface area (Å²) >= 11 is 0. The van der Waals surface area contributed by atoms with Gasteiger partial charge in [-0.15, -0.1) is 0 Å². The summed E-state index contributed by atoms with van der Waals surface area (Å²) in [5, 5.41) is 12.0. The van der Waals surface area contributed by atoms with Gasteiger partial charge in [0.1, 0.15) is 6.61 Å². The van der Waals surface area contributed by atoms with Gasteiger partial charge in [-0.05, 0) is 23.8 Å². The van der Waals surface area contributed by atoms with E-state index in [2.05, 4.69) is 17.2 Å². The second kappa shape index (κ2) is 8.35. The van der Waals surface area contributed by atoms with Gasteiger partial charge in [0.25, 0.3) is 0 Å². The minimum absolute atomic E-state index is 0.0562. The SMILES string of the molecule is COc1cc(C#CCNC(=O)OCc2ccccc2)ccc1O. The van der Waals surface area contributed by atoms with Gasteiger partial charge < -0.3 is 19.9 Å². The molecule has 2 aromatic rings. The molecule has 23 heavy (non-hydrogen) atoms. The van der Waals surface area contributed by atoms with Gasteiger partial charge in [-0.1, -0.05) is 42.2 Å². The molecule has 0 aliphatic carbocycles. The largest absolute Gasteiger partial charge is 0.504 e. The van der Waals surface area contributed by atoms with Crippen LogP contribution in [0.3, 0.4) is 0 Å². The van der Waals surface area contributed by atoms with Crippen LogP contribution < -0.4 is 10.1 Å². The fourth-order valence-electron chi connectivity index (χ4n) is 1.79. The number of phenols is 1. The molecule has 1 amide bonds. The summed E-state index contributed by atoms with van der Waals surface area (Å²) in [7, 11) is 1.47. The van der Waals surface area contributed by atoms with Crippen LogP contribution in [0.25, 0.3) is 0 Å². The third-order valence-corrected chi connectivity index (χ3v) is 2.95. The van der Waals surface area contributed by atoms with Gasteiger partial charge in [-0.25, -0.2) is 4.79 Å². The van der Waals surface area contributed by atoms with E-state index in [1.807, 2.05) is 30.3 Å². The molecule has 0 atom stereocenters. The molecule has 0 aromatic heterocycles. The van der Waals surface area contributed by atoms with E-state index in [0.29, 0.717) is 11.3 Å². The maximum Gasteiger partial charge on any atom is 0.408 e. The fourth-order valence-corrected chi connectivity index (χ4v) is 1.79. The number of benzene rings is 2. The zero-order chi connectivity index (χ0) is 16.5. The van der Waals surface area contributed by atoms with E-state index in [9.17, 15) is 9.90 Å². The Balaban J connectivity index is 1.77. The summed E-state index contributed by atoms with van der Waals surface area (Å²) < 4.78 is 10.1. The van der Waals surface area contributed by atoms with Crippen molar-refractivity contribution in [2.24, 2.45) is 0 Å². The van der Waals surface area contributed by atoms with Crippen LogP contribution in [-0.2, 0) is 11.3 Å². The van der Waals surface area contributed by atoms with Crippen LogP contribution in [0.5, 0.6) is 11.5 Å². The number of methoxy groups -OCH3 is 1. The molecule has 0 fully saturated rings. The summed E-state index contributed by atoms with van der Waals surface area (Å²) in [6.07, 6.45) is -0.522. The van der Waals surface area contributed by atoms with Crippen molar-refractivity contribution in [1.29, 1.82) is 0 Å². The number of carbonyl (C=O) groups excluding carboxylic acids is 1. The Morgan fingerprint density at radius 3 is 2.74 bits per heavy atom. The number of alkyl carbamates (subject to hydrolysis) is 1. The lowest BCUT2D eigenvalue weighted by molar-refractivity contribution is 0.141. The van der Waals surface area contributed by atoms with E-state index in [1.54, 1.807) is 12.1 Å². The number of amides is 1. The predicted molar refractivity (Wildman–Crippen MR) is 86.2 cm³/mol. The molecule has 0 radical (unpaired) electrons. The monoisotopic (exact) mass is 311 g/mol.